The molecule has 2 amide bonds. The lowest BCUT2D eigenvalue weighted by atomic mass is 9.92. The Morgan fingerprint density at radius 2 is 1.96 bits per heavy atom. The molecule has 3 heterocycles. The number of imidazole rings is 1. The maximum atomic E-state index is 14.9. The van der Waals surface area contributed by atoms with Gasteiger partial charge in [-0.3, -0.25) is 14.6 Å². The highest BCUT2D eigenvalue weighted by Crippen LogP contribution is 2.27. The van der Waals surface area contributed by atoms with Crippen LogP contribution in [0.1, 0.15) is 28.9 Å². The van der Waals surface area contributed by atoms with Crippen LogP contribution < -0.4 is 5.32 Å². The Morgan fingerprint density at radius 1 is 1.28 bits per heavy atom. The molecule has 0 bridgehead atoms. The van der Waals surface area contributed by atoms with Crippen LogP contribution in [0.5, 0.6) is 0 Å². The van der Waals surface area contributed by atoms with Crippen molar-refractivity contribution in [1.82, 2.24) is 24.8 Å². The first kappa shape index (κ1) is 17.1. The lowest BCUT2D eigenvalue weighted by Gasteiger charge is -2.35. The molecule has 0 radical (unpaired) electrons. The third-order valence-corrected chi connectivity index (χ3v) is 4.38. The molecule has 132 valence electrons. The van der Waals surface area contributed by atoms with Gasteiger partial charge in [-0.2, -0.15) is 0 Å². The number of hydrogen-bond acceptors (Lipinski definition) is 4. The van der Waals surface area contributed by atoms with Crippen LogP contribution >= 0.6 is 0 Å². The number of aryl methyl sites for hydroxylation is 1. The number of nitrogens with zero attached hydrogens (tertiary/aromatic N) is 4. The fraction of sp³-hybridized carbons (Fsp3) is 0.412. The van der Waals surface area contributed by atoms with E-state index in [1.807, 2.05) is 0 Å². The molecule has 0 atom stereocenters. The Kier molecular flexibility index (Phi) is 4.78. The largest absolute Gasteiger partial charge is 0.349 e. The number of halogens is 1. The Hall–Kier alpha value is -2.77. The van der Waals surface area contributed by atoms with E-state index in [9.17, 15) is 14.0 Å². The second-order valence-corrected chi connectivity index (χ2v) is 6.22. The van der Waals surface area contributed by atoms with Crippen LogP contribution in [0, 0.1) is 0 Å². The molecule has 0 spiro atoms. The molecular formula is C17H20FN5O2. The number of piperidine rings is 1. The van der Waals surface area contributed by atoms with E-state index < -0.39 is 11.6 Å². The minimum absolute atomic E-state index is 0.0201. The van der Waals surface area contributed by atoms with Crippen molar-refractivity contribution < 1.29 is 14.0 Å². The normalized spacial score (nSPS) is 16.5. The van der Waals surface area contributed by atoms with Gasteiger partial charge in [0.25, 0.3) is 11.8 Å². The molecule has 0 saturated carbocycles. The van der Waals surface area contributed by atoms with Gasteiger partial charge in [0.2, 0.25) is 0 Å². The molecule has 1 fully saturated rings. The van der Waals surface area contributed by atoms with Crippen LogP contribution in [-0.4, -0.2) is 50.0 Å². The van der Waals surface area contributed by atoms with Crippen LogP contribution in [0.15, 0.2) is 37.1 Å². The monoisotopic (exact) mass is 345 g/mol. The number of amides is 2. The summed E-state index contributed by atoms with van der Waals surface area (Å²) in [4.78, 5) is 34.0. The lowest BCUT2D eigenvalue weighted by Crippen LogP contribution is -2.52. The van der Waals surface area contributed by atoms with Crippen LogP contribution in [0.25, 0.3) is 0 Å². The third kappa shape index (κ3) is 3.84. The van der Waals surface area contributed by atoms with Gasteiger partial charge in [0, 0.05) is 58.1 Å². The van der Waals surface area contributed by atoms with E-state index in [0.29, 0.717) is 5.69 Å². The third-order valence-electron chi connectivity index (χ3n) is 4.38. The van der Waals surface area contributed by atoms with Crippen molar-refractivity contribution in [3.05, 3.63) is 48.3 Å². The van der Waals surface area contributed by atoms with Crippen LogP contribution in [0.3, 0.4) is 0 Å². The van der Waals surface area contributed by atoms with E-state index in [1.165, 1.54) is 4.90 Å². The average Bonchev–Trinajstić information content (AvgIpc) is 3.07. The summed E-state index contributed by atoms with van der Waals surface area (Å²) in [6.45, 7) is 0.632. The highest BCUT2D eigenvalue weighted by atomic mass is 19.1. The summed E-state index contributed by atoms with van der Waals surface area (Å²) < 4.78 is 16.6. The van der Waals surface area contributed by atoms with Crippen molar-refractivity contribution in [3.8, 4) is 0 Å². The van der Waals surface area contributed by atoms with Gasteiger partial charge in [0.15, 0.2) is 5.67 Å². The van der Waals surface area contributed by atoms with Crippen molar-refractivity contribution >= 4 is 11.8 Å². The predicted molar refractivity (Wildman–Crippen MR) is 88.3 cm³/mol. The Balaban J connectivity index is 1.54. The van der Waals surface area contributed by atoms with Gasteiger partial charge in [0.1, 0.15) is 5.69 Å². The zero-order valence-electron chi connectivity index (χ0n) is 14.0. The van der Waals surface area contributed by atoms with Crippen molar-refractivity contribution in [3.63, 3.8) is 0 Å². The standard InChI is InChI=1S/C17H20FN5O2/c1-22-11-14(21-12-22)15(24)23-8-4-17(18,5-9-23)16(25)20-10-13-2-6-19-7-3-13/h2-3,6-7,11-12H,4-5,8-10H2,1H3,(H,20,25). The maximum absolute atomic E-state index is 14.9. The summed E-state index contributed by atoms with van der Waals surface area (Å²) in [7, 11) is 1.78. The fourth-order valence-electron chi connectivity index (χ4n) is 2.82. The second kappa shape index (κ2) is 7.00. The molecule has 2 aromatic heterocycles. The zero-order chi connectivity index (χ0) is 17.9. The molecule has 0 aliphatic carbocycles. The lowest BCUT2D eigenvalue weighted by molar-refractivity contribution is -0.135. The molecule has 0 unspecified atom stereocenters. The van der Waals surface area contributed by atoms with Crippen molar-refractivity contribution in [1.29, 1.82) is 0 Å². The van der Waals surface area contributed by atoms with Crippen molar-refractivity contribution in [2.45, 2.75) is 25.1 Å². The number of carbonyl (C=O) groups excluding carboxylic acids is 2. The number of carbonyl (C=O) groups is 2. The average molecular weight is 345 g/mol. The molecular weight excluding hydrogens is 325 g/mol. The van der Waals surface area contributed by atoms with Crippen LogP contribution in [-0.2, 0) is 18.4 Å². The smallest absolute Gasteiger partial charge is 0.274 e. The molecule has 1 aliphatic heterocycles. The van der Waals surface area contributed by atoms with E-state index in [1.54, 1.807) is 48.7 Å². The molecule has 1 aliphatic rings. The fourth-order valence-corrected chi connectivity index (χ4v) is 2.82. The molecule has 3 rings (SSSR count). The van der Waals surface area contributed by atoms with Gasteiger partial charge < -0.3 is 14.8 Å². The number of aromatic nitrogens is 3. The van der Waals surface area contributed by atoms with Gasteiger partial charge in [-0.05, 0) is 17.7 Å². The number of rotatable bonds is 4. The summed E-state index contributed by atoms with van der Waals surface area (Å²) in [5.74, 6) is -0.867. The van der Waals surface area contributed by atoms with Crippen LogP contribution in [0.4, 0.5) is 4.39 Å². The van der Waals surface area contributed by atoms with Gasteiger partial charge in [-0.1, -0.05) is 0 Å². The number of pyridine rings is 1. The number of alkyl halides is 1. The van der Waals surface area contributed by atoms with E-state index in [0.717, 1.165) is 5.56 Å². The van der Waals surface area contributed by atoms with E-state index >= 15 is 0 Å². The highest BCUT2D eigenvalue weighted by Gasteiger charge is 2.42. The van der Waals surface area contributed by atoms with E-state index in [-0.39, 0.29) is 38.4 Å². The number of nitrogens with one attached hydrogen (secondary N) is 1. The summed E-state index contributed by atoms with van der Waals surface area (Å²) >= 11 is 0. The van der Waals surface area contributed by atoms with E-state index in [2.05, 4.69) is 15.3 Å². The molecule has 8 heteroatoms. The van der Waals surface area contributed by atoms with Gasteiger partial charge >= 0.3 is 0 Å². The molecule has 1 N–H and O–H groups in total. The summed E-state index contributed by atoms with van der Waals surface area (Å²) in [5, 5.41) is 2.63. The number of likely N-dealkylation sites (tertiary alicyclic amines) is 1. The highest BCUT2D eigenvalue weighted by molar-refractivity contribution is 5.92. The Bertz CT molecular complexity index is 753. The first-order chi connectivity index (χ1) is 12.0. The van der Waals surface area contributed by atoms with E-state index in [4.69, 9.17) is 0 Å². The minimum Gasteiger partial charge on any atom is -0.349 e. The second-order valence-electron chi connectivity index (χ2n) is 6.22. The first-order valence-corrected chi connectivity index (χ1v) is 8.11. The van der Waals surface area contributed by atoms with Gasteiger partial charge in [-0.15, -0.1) is 0 Å². The van der Waals surface area contributed by atoms with Gasteiger partial charge in [0.05, 0.1) is 6.33 Å². The SMILES string of the molecule is Cn1cnc(C(=O)N2CCC(F)(C(=O)NCc3ccncc3)CC2)c1. The molecule has 0 aromatic carbocycles. The molecule has 7 nitrogen and oxygen atoms in total. The molecule has 25 heavy (non-hydrogen) atoms. The van der Waals surface area contributed by atoms with Crippen molar-refractivity contribution in [2.75, 3.05) is 13.1 Å². The van der Waals surface area contributed by atoms with Gasteiger partial charge in [-0.25, -0.2) is 9.37 Å². The Morgan fingerprint density at radius 3 is 2.56 bits per heavy atom. The maximum Gasteiger partial charge on any atom is 0.274 e. The zero-order valence-corrected chi connectivity index (χ0v) is 14.0. The summed E-state index contributed by atoms with van der Waals surface area (Å²) in [6, 6.07) is 3.53. The van der Waals surface area contributed by atoms with Crippen LogP contribution in [0.2, 0.25) is 0 Å². The summed E-state index contributed by atoms with van der Waals surface area (Å²) in [6.07, 6.45) is 6.37. The minimum atomic E-state index is -1.95. The van der Waals surface area contributed by atoms with Crippen molar-refractivity contribution in [2.24, 2.45) is 7.05 Å². The molecule has 1 saturated heterocycles. The predicted octanol–water partition coefficient (Wildman–Crippen LogP) is 1.08. The first-order valence-electron chi connectivity index (χ1n) is 8.11. The Labute approximate surface area is 144 Å². The quantitative estimate of drug-likeness (QED) is 0.899. The molecule has 2 aromatic rings. The topological polar surface area (TPSA) is 80.1 Å². The number of hydrogen-bond donors (Lipinski definition) is 1. The summed E-state index contributed by atoms with van der Waals surface area (Å²) in [5.41, 5.74) is -0.765.